The first kappa shape index (κ1) is 18.9. The summed E-state index contributed by atoms with van der Waals surface area (Å²) in [5.41, 5.74) is 0.156. The van der Waals surface area contributed by atoms with Crippen molar-refractivity contribution in [3.8, 4) is 0 Å². The van der Waals surface area contributed by atoms with Gasteiger partial charge in [0.2, 0.25) is 10.0 Å². The number of amides is 1. The Balaban J connectivity index is 2.75. The van der Waals surface area contributed by atoms with Crippen LogP contribution in [0.2, 0.25) is 0 Å². The van der Waals surface area contributed by atoms with Crippen molar-refractivity contribution >= 4 is 21.9 Å². The van der Waals surface area contributed by atoms with Gasteiger partial charge in [0, 0.05) is 13.1 Å². The van der Waals surface area contributed by atoms with Crippen LogP contribution in [0, 0.1) is 0 Å². The molecule has 0 radical (unpaired) electrons. The lowest BCUT2D eigenvalue weighted by Crippen LogP contribution is -2.35. The van der Waals surface area contributed by atoms with Gasteiger partial charge in [0.15, 0.2) is 6.10 Å². The molecule has 23 heavy (non-hydrogen) atoms. The molecule has 8 heteroatoms. The second-order valence-electron chi connectivity index (χ2n) is 4.61. The zero-order valence-corrected chi connectivity index (χ0v) is 13.9. The number of carbonyl (C=O) groups excluding carboxylic acids is 2. The third kappa shape index (κ3) is 5.50. The van der Waals surface area contributed by atoms with Crippen molar-refractivity contribution in [2.45, 2.75) is 24.8 Å². The van der Waals surface area contributed by atoms with E-state index in [4.69, 9.17) is 4.74 Å². The Bertz CT molecular complexity index is 668. The van der Waals surface area contributed by atoms with Crippen LogP contribution in [0.4, 0.5) is 0 Å². The second-order valence-corrected chi connectivity index (χ2v) is 6.37. The molecule has 0 aliphatic carbocycles. The molecule has 1 amide bonds. The lowest BCUT2D eigenvalue weighted by atomic mass is 10.2. The van der Waals surface area contributed by atoms with Crippen LogP contribution >= 0.6 is 0 Å². The molecular weight excluding hydrogens is 320 g/mol. The number of esters is 1. The maximum absolute atomic E-state index is 11.9. The van der Waals surface area contributed by atoms with Gasteiger partial charge in [-0.15, -0.1) is 6.58 Å². The molecule has 0 bridgehead atoms. The zero-order chi connectivity index (χ0) is 17.5. The molecule has 0 aliphatic heterocycles. The smallest absolute Gasteiger partial charge is 0.338 e. The average Bonchev–Trinajstić information content (AvgIpc) is 2.52. The number of benzene rings is 1. The van der Waals surface area contributed by atoms with Gasteiger partial charge < -0.3 is 10.1 Å². The number of nitrogens with one attached hydrogen (secondary N) is 2. The van der Waals surface area contributed by atoms with Crippen molar-refractivity contribution in [1.82, 2.24) is 10.0 Å². The second kappa shape index (κ2) is 8.44. The van der Waals surface area contributed by atoms with Crippen LogP contribution in [-0.2, 0) is 19.6 Å². The summed E-state index contributed by atoms with van der Waals surface area (Å²) in [6.45, 7) is 7.12. The van der Waals surface area contributed by atoms with E-state index in [0.717, 1.165) is 0 Å². The molecule has 126 valence electrons. The fraction of sp³-hybridized carbons (Fsp3) is 0.333. The molecule has 0 unspecified atom stereocenters. The molecule has 0 fully saturated rings. The van der Waals surface area contributed by atoms with Crippen molar-refractivity contribution in [2.24, 2.45) is 0 Å². The maximum Gasteiger partial charge on any atom is 0.338 e. The lowest BCUT2D eigenvalue weighted by molar-refractivity contribution is -0.128. The van der Waals surface area contributed by atoms with Crippen LogP contribution in [0.25, 0.3) is 0 Å². The third-order valence-corrected chi connectivity index (χ3v) is 4.37. The molecule has 1 atom stereocenters. The van der Waals surface area contributed by atoms with Crippen molar-refractivity contribution in [3.05, 3.63) is 42.5 Å². The first-order valence-corrected chi connectivity index (χ1v) is 8.49. The van der Waals surface area contributed by atoms with Gasteiger partial charge >= 0.3 is 5.97 Å². The van der Waals surface area contributed by atoms with Gasteiger partial charge in [-0.05, 0) is 31.2 Å². The van der Waals surface area contributed by atoms with Gasteiger partial charge in [-0.2, -0.15) is 0 Å². The molecule has 0 aliphatic rings. The van der Waals surface area contributed by atoms with E-state index in [2.05, 4.69) is 16.6 Å². The molecule has 7 nitrogen and oxygen atoms in total. The van der Waals surface area contributed by atoms with Crippen molar-refractivity contribution in [1.29, 1.82) is 0 Å². The highest BCUT2D eigenvalue weighted by molar-refractivity contribution is 7.89. The Hall–Kier alpha value is -2.19. The molecule has 2 N–H and O–H groups in total. The summed E-state index contributed by atoms with van der Waals surface area (Å²) in [7, 11) is -3.58. The predicted octanol–water partition coefficient (Wildman–Crippen LogP) is 0.832. The Kier molecular flexibility index (Phi) is 6.92. The van der Waals surface area contributed by atoms with Crippen LogP contribution in [0.15, 0.2) is 41.8 Å². The highest BCUT2D eigenvalue weighted by Gasteiger charge is 2.19. The van der Waals surface area contributed by atoms with Gasteiger partial charge in [0.25, 0.3) is 5.91 Å². The van der Waals surface area contributed by atoms with Gasteiger partial charge in [0.05, 0.1) is 10.5 Å². The van der Waals surface area contributed by atoms with Crippen LogP contribution < -0.4 is 10.0 Å². The molecule has 0 spiro atoms. The number of rotatable bonds is 8. The highest BCUT2D eigenvalue weighted by atomic mass is 32.2. The summed E-state index contributed by atoms with van der Waals surface area (Å²) in [5, 5.41) is 2.51. The van der Waals surface area contributed by atoms with Crippen molar-refractivity contribution < 1.29 is 22.7 Å². The molecule has 1 aromatic rings. The Morgan fingerprint density at radius 1 is 1.30 bits per heavy atom. The molecule has 0 saturated carbocycles. The highest BCUT2D eigenvalue weighted by Crippen LogP contribution is 2.12. The van der Waals surface area contributed by atoms with E-state index in [1.165, 1.54) is 37.3 Å². The van der Waals surface area contributed by atoms with E-state index in [1.807, 2.05) is 0 Å². The maximum atomic E-state index is 11.9. The van der Waals surface area contributed by atoms with E-state index in [1.54, 1.807) is 6.92 Å². The normalized spacial score (nSPS) is 12.3. The number of hydrogen-bond acceptors (Lipinski definition) is 5. The molecule has 1 rings (SSSR count). The number of hydrogen-bond donors (Lipinski definition) is 2. The van der Waals surface area contributed by atoms with E-state index >= 15 is 0 Å². The summed E-state index contributed by atoms with van der Waals surface area (Å²) in [5.74, 6) is -1.15. The van der Waals surface area contributed by atoms with Crippen molar-refractivity contribution in [2.75, 3.05) is 13.1 Å². The standard InChI is InChI=1S/C15H20N2O5S/c1-4-10-16-14(18)11(3)22-15(19)12-6-8-13(9-7-12)23(20,21)17-5-2/h4,6-9,11,17H,1,5,10H2,2-3H3,(H,16,18)/t11-/m0/s1. The minimum atomic E-state index is -3.58. The quantitative estimate of drug-likeness (QED) is 0.539. The zero-order valence-electron chi connectivity index (χ0n) is 13.0. The molecular formula is C15H20N2O5S. The number of ether oxygens (including phenoxy) is 1. The minimum Gasteiger partial charge on any atom is -0.449 e. The molecule has 0 saturated heterocycles. The molecule has 1 aromatic carbocycles. The average molecular weight is 340 g/mol. The van der Waals surface area contributed by atoms with E-state index in [9.17, 15) is 18.0 Å². The first-order chi connectivity index (χ1) is 10.8. The van der Waals surface area contributed by atoms with E-state index in [-0.39, 0.29) is 23.5 Å². The topological polar surface area (TPSA) is 102 Å². The molecule has 0 heterocycles. The fourth-order valence-corrected chi connectivity index (χ4v) is 2.68. The summed E-state index contributed by atoms with van der Waals surface area (Å²) in [6.07, 6.45) is 0.545. The number of carbonyl (C=O) groups is 2. The van der Waals surface area contributed by atoms with Gasteiger partial charge in [-0.1, -0.05) is 13.0 Å². The van der Waals surface area contributed by atoms with Crippen molar-refractivity contribution in [3.63, 3.8) is 0 Å². The van der Waals surface area contributed by atoms with E-state index < -0.39 is 28.0 Å². The third-order valence-electron chi connectivity index (χ3n) is 2.81. The first-order valence-electron chi connectivity index (χ1n) is 7.01. The summed E-state index contributed by atoms with van der Waals surface area (Å²) < 4.78 is 31.0. The Labute approximate surface area is 135 Å². The minimum absolute atomic E-state index is 0.0488. The van der Waals surface area contributed by atoms with Crippen LogP contribution in [-0.4, -0.2) is 39.5 Å². The van der Waals surface area contributed by atoms with Crippen LogP contribution in [0.1, 0.15) is 24.2 Å². The van der Waals surface area contributed by atoms with Crippen LogP contribution in [0.3, 0.4) is 0 Å². The van der Waals surface area contributed by atoms with Gasteiger partial charge in [-0.3, -0.25) is 4.79 Å². The summed E-state index contributed by atoms with van der Waals surface area (Å²) in [4.78, 5) is 23.6. The fourth-order valence-electron chi connectivity index (χ4n) is 1.64. The molecule has 0 aromatic heterocycles. The lowest BCUT2D eigenvalue weighted by Gasteiger charge is -2.13. The largest absolute Gasteiger partial charge is 0.449 e. The number of sulfonamides is 1. The monoisotopic (exact) mass is 340 g/mol. The Morgan fingerprint density at radius 2 is 1.91 bits per heavy atom. The predicted molar refractivity (Wildman–Crippen MR) is 85.4 cm³/mol. The SMILES string of the molecule is C=CCNC(=O)[C@H](C)OC(=O)c1ccc(S(=O)(=O)NCC)cc1. The van der Waals surface area contributed by atoms with E-state index in [0.29, 0.717) is 0 Å². The Morgan fingerprint density at radius 3 is 2.43 bits per heavy atom. The van der Waals surface area contributed by atoms with Crippen LogP contribution in [0.5, 0.6) is 0 Å². The van der Waals surface area contributed by atoms with Gasteiger partial charge in [-0.25, -0.2) is 17.9 Å². The summed E-state index contributed by atoms with van der Waals surface area (Å²) >= 11 is 0. The summed E-state index contributed by atoms with van der Waals surface area (Å²) in [6, 6.07) is 5.27. The van der Waals surface area contributed by atoms with Gasteiger partial charge in [0.1, 0.15) is 0 Å².